The fourth-order valence-corrected chi connectivity index (χ4v) is 3.37. The molecule has 19 heavy (non-hydrogen) atoms. The van der Waals surface area contributed by atoms with Crippen molar-refractivity contribution in [3.05, 3.63) is 10.6 Å². The van der Waals surface area contributed by atoms with Gasteiger partial charge in [0.05, 0.1) is 17.2 Å². The van der Waals surface area contributed by atoms with Gasteiger partial charge in [-0.25, -0.2) is 4.98 Å². The maximum absolute atomic E-state index is 5.75. The molecule has 0 atom stereocenters. The molecule has 106 valence electrons. The number of ether oxygens (including phenoxy) is 1. The van der Waals surface area contributed by atoms with Gasteiger partial charge in [-0.3, -0.25) is 0 Å². The van der Waals surface area contributed by atoms with E-state index >= 15 is 0 Å². The molecule has 0 bridgehead atoms. The number of nitrogens with zero attached hydrogens (tertiary/aromatic N) is 3. The van der Waals surface area contributed by atoms with Gasteiger partial charge in [0.1, 0.15) is 4.99 Å². The fourth-order valence-electron chi connectivity index (χ4n) is 2.16. The Morgan fingerprint density at radius 2 is 2.11 bits per heavy atom. The molecule has 2 rings (SSSR count). The van der Waals surface area contributed by atoms with Crippen molar-refractivity contribution in [2.24, 2.45) is 5.73 Å². The Balaban J connectivity index is 2.12. The maximum atomic E-state index is 5.75. The van der Waals surface area contributed by atoms with E-state index in [-0.39, 0.29) is 0 Å². The summed E-state index contributed by atoms with van der Waals surface area (Å²) < 4.78 is 5.16. The minimum Gasteiger partial charge on any atom is -0.389 e. The van der Waals surface area contributed by atoms with Crippen LogP contribution < -0.4 is 10.6 Å². The SMILES string of the molecule is CCN1CCN(c2nc(COC)c(C(N)=S)s2)CC1. The molecular formula is C12H20N4OS2. The highest BCUT2D eigenvalue weighted by Crippen LogP contribution is 2.27. The second kappa shape index (κ2) is 6.60. The van der Waals surface area contributed by atoms with Gasteiger partial charge in [-0.2, -0.15) is 0 Å². The Morgan fingerprint density at radius 1 is 1.42 bits per heavy atom. The van der Waals surface area contributed by atoms with Crippen LogP contribution >= 0.6 is 23.6 Å². The molecule has 1 fully saturated rings. The summed E-state index contributed by atoms with van der Waals surface area (Å²) in [5, 5.41) is 1.01. The van der Waals surface area contributed by atoms with E-state index in [1.807, 2.05) is 0 Å². The van der Waals surface area contributed by atoms with Gasteiger partial charge in [0.15, 0.2) is 5.13 Å². The number of piperazine rings is 1. The Bertz CT molecular complexity index is 441. The van der Waals surface area contributed by atoms with Gasteiger partial charge < -0.3 is 20.3 Å². The zero-order valence-electron chi connectivity index (χ0n) is 11.4. The lowest BCUT2D eigenvalue weighted by Gasteiger charge is -2.33. The van der Waals surface area contributed by atoms with Gasteiger partial charge in [-0.15, -0.1) is 0 Å². The van der Waals surface area contributed by atoms with E-state index in [4.69, 9.17) is 22.7 Å². The Morgan fingerprint density at radius 3 is 2.63 bits per heavy atom. The third-order valence-electron chi connectivity index (χ3n) is 3.28. The van der Waals surface area contributed by atoms with Crippen LogP contribution in [0.3, 0.4) is 0 Å². The van der Waals surface area contributed by atoms with Crippen LogP contribution in [-0.2, 0) is 11.3 Å². The van der Waals surface area contributed by atoms with E-state index in [2.05, 4.69) is 21.7 Å². The van der Waals surface area contributed by atoms with Crippen LogP contribution in [-0.4, -0.2) is 54.7 Å². The molecule has 1 aromatic rings. The summed E-state index contributed by atoms with van der Waals surface area (Å²) >= 11 is 6.65. The first kappa shape index (κ1) is 14.6. The van der Waals surface area contributed by atoms with Crippen LogP contribution in [0.15, 0.2) is 0 Å². The Hall–Kier alpha value is -0.760. The number of likely N-dealkylation sites (N-methyl/N-ethyl adjacent to an activating group) is 1. The largest absolute Gasteiger partial charge is 0.389 e. The van der Waals surface area contributed by atoms with Gasteiger partial charge in [0.25, 0.3) is 0 Å². The van der Waals surface area contributed by atoms with E-state index in [9.17, 15) is 0 Å². The molecule has 1 aliphatic heterocycles. The van der Waals surface area contributed by atoms with Gasteiger partial charge in [-0.05, 0) is 6.54 Å². The summed E-state index contributed by atoms with van der Waals surface area (Å²) in [6.07, 6.45) is 0. The number of hydrogen-bond donors (Lipinski definition) is 1. The number of nitrogens with two attached hydrogens (primary N) is 1. The number of thiocarbonyl (C=S) groups is 1. The highest BCUT2D eigenvalue weighted by molar-refractivity contribution is 7.81. The van der Waals surface area contributed by atoms with Gasteiger partial charge in [-0.1, -0.05) is 30.5 Å². The molecule has 1 aromatic heterocycles. The summed E-state index contributed by atoms with van der Waals surface area (Å²) in [6.45, 7) is 7.93. The molecule has 0 radical (unpaired) electrons. The molecule has 0 saturated carbocycles. The molecule has 1 aliphatic rings. The fraction of sp³-hybridized carbons (Fsp3) is 0.667. The molecule has 0 spiro atoms. The van der Waals surface area contributed by atoms with Crippen LogP contribution in [0.4, 0.5) is 5.13 Å². The van der Waals surface area contributed by atoms with Crippen molar-refractivity contribution in [2.75, 3.05) is 44.7 Å². The lowest BCUT2D eigenvalue weighted by molar-refractivity contribution is 0.182. The molecule has 1 saturated heterocycles. The van der Waals surface area contributed by atoms with Crippen LogP contribution in [0.2, 0.25) is 0 Å². The van der Waals surface area contributed by atoms with Crippen molar-refractivity contribution < 1.29 is 4.74 Å². The summed E-state index contributed by atoms with van der Waals surface area (Å²) in [7, 11) is 1.66. The minimum absolute atomic E-state index is 0.406. The maximum Gasteiger partial charge on any atom is 0.186 e. The van der Waals surface area contributed by atoms with Crippen molar-refractivity contribution in [3.63, 3.8) is 0 Å². The molecular weight excluding hydrogens is 280 g/mol. The summed E-state index contributed by atoms with van der Waals surface area (Å²) in [5.41, 5.74) is 6.61. The number of thiazole rings is 1. The smallest absolute Gasteiger partial charge is 0.186 e. The van der Waals surface area contributed by atoms with Gasteiger partial charge in [0.2, 0.25) is 0 Å². The predicted octanol–water partition coefficient (Wildman–Crippen LogP) is 1.07. The molecule has 7 heteroatoms. The molecule has 2 heterocycles. The van der Waals surface area contributed by atoms with E-state index in [0.29, 0.717) is 11.6 Å². The topological polar surface area (TPSA) is 54.6 Å². The molecule has 5 nitrogen and oxygen atoms in total. The number of anilines is 1. The van der Waals surface area contributed by atoms with Gasteiger partial charge in [0, 0.05) is 33.3 Å². The van der Waals surface area contributed by atoms with Crippen LogP contribution in [0.1, 0.15) is 17.5 Å². The van der Waals surface area contributed by atoms with E-state index in [1.165, 1.54) is 0 Å². The van der Waals surface area contributed by atoms with Crippen LogP contribution in [0.5, 0.6) is 0 Å². The minimum atomic E-state index is 0.406. The first-order valence-electron chi connectivity index (χ1n) is 6.41. The molecule has 2 N–H and O–H groups in total. The zero-order valence-corrected chi connectivity index (χ0v) is 13.0. The van der Waals surface area contributed by atoms with Crippen molar-refractivity contribution >= 4 is 33.7 Å². The van der Waals surface area contributed by atoms with Gasteiger partial charge >= 0.3 is 0 Å². The van der Waals surface area contributed by atoms with Crippen molar-refractivity contribution in [3.8, 4) is 0 Å². The Kier molecular flexibility index (Phi) is 5.09. The second-order valence-corrected chi connectivity index (χ2v) is 5.91. The lowest BCUT2D eigenvalue weighted by Crippen LogP contribution is -2.46. The van der Waals surface area contributed by atoms with Crippen molar-refractivity contribution in [2.45, 2.75) is 13.5 Å². The molecule has 0 aliphatic carbocycles. The normalized spacial score (nSPS) is 16.8. The lowest BCUT2D eigenvalue weighted by atomic mass is 10.3. The molecule has 0 unspecified atom stereocenters. The monoisotopic (exact) mass is 300 g/mol. The van der Waals surface area contributed by atoms with Crippen molar-refractivity contribution in [1.29, 1.82) is 0 Å². The predicted molar refractivity (Wildman–Crippen MR) is 83.0 cm³/mol. The highest BCUT2D eigenvalue weighted by atomic mass is 32.1. The number of aromatic nitrogens is 1. The average Bonchev–Trinajstić information content (AvgIpc) is 2.83. The molecule has 0 amide bonds. The van der Waals surface area contributed by atoms with Crippen molar-refractivity contribution in [1.82, 2.24) is 9.88 Å². The zero-order chi connectivity index (χ0) is 13.8. The third-order valence-corrected chi connectivity index (χ3v) is 4.81. The summed E-state index contributed by atoms with van der Waals surface area (Å²) in [5.74, 6) is 0. The highest BCUT2D eigenvalue weighted by Gasteiger charge is 2.21. The van der Waals surface area contributed by atoms with E-state index in [1.54, 1.807) is 18.4 Å². The van der Waals surface area contributed by atoms with E-state index < -0.39 is 0 Å². The summed E-state index contributed by atoms with van der Waals surface area (Å²) in [4.78, 5) is 10.7. The number of methoxy groups -OCH3 is 1. The number of hydrogen-bond acceptors (Lipinski definition) is 6. The number of rotatable bonds is 5. The van der Waals surface area contributed by atoms with E-state index in [0.717, 1.165) is 48.4 Å². The quantitative estimate of drug-likeness (QED) is 0.821. The standard InChI is InChI=1S/C12H20N4OS2/c1-3-15-4-6-16(7-5-15)12-14-9(8-17-2)10(19-12)11(13)18/h3-8H2,1-2H3,(H2,13,18). The average molecular weight is 300 g/mol. The second-order valence-electron chi connectivity index (χ2n) is 4.49. The first-order valence-corrected chi connectivity index (χ1v) is 7.64. The summed E-state index contributed by atoms with van der Waals surface area (Å²) in [6, 6.07) is 0. The first-order chi connectivity index (χ1) is 9.15. The Labute approximate surface area is 123 Å². The van der Waals surface area contributed by atoms with Crippen LogP contribution in [0, 0.1) is 0 Å². The third kappa shape index (κ3) is 3.42. The van der Waals surface area contributed by atoms with Crippen LogP contribution in [0.25, 0.3) is 0 Å². The molecule has 0 aromatic carbocycles.